The first kappa shape index (κ1) is 23.6. The van der Waals surface area contributed by atoms with Gasteiger partial charge in [0.05, 0.1) is 18.6 Å². The highest BCUT2D eigenvalue weighted by molar-refractivity contribution is 7.99. The Labute approximate surface area is 205 Å². The zero-order chi connectivity index (χ0) is 23.8. The van der Waals surface area contributed by atoms with Crippen molar-refractivity contribution in [3.8, 4) is 11.5 Å². The molecule has 3 aromatic carbocycles. The fourth-order valence-electron chi connectivity index (χ4n) is 3.11. The van der Waals surface area contributed by atoms with Gasteiger partial charge >= 0.3 is 0 Å². The summed E-state index contributed by atoms with van der Waals surface area (Å²) in [6, 6.07) is 20.9. The summed E-state index contributed by atoms with van der Waals surface area (Å²) in [6.45, 7) is -0.104. The van der Waals surface area contributed by atoms with Gasteiger partial charge in [-0.3, -0.25) is 14.9 Å². The molecule has 1 heterocycles. The van der Waals surface area contributed by atoms with Crippen LogP contribution in [-0.2, 0) is 15.3 Å². The molecule has 0 aliphatic carbocycles. The van der Waals surface area contributed by atoms with Gasteiger partial charge in [0.1, 0.15) is 11.5 Å². The van der Waals surface area contributed by atoms with Crippen LogP contribution in [0.2, 0.25) is 0 Å². The zero-order valence-corrected chi connectivity index (χ0v) is 20.1. The fourth-order valence-corrected chi connectivity index (χ4v) is 4.66. The summed E-state index contributed by atoms with van der Waals surface area (Å²) < 4.78 is 10.7. The molecule has 2 N–H and O–H groups in total. The van der Waals surface area contributed by atoms with Crippen LogP contribution < -0.4 is 20.1 Å². The maximum Gasteiger partial charge on any atom is 0.264 e. The number of nitrogens with one attached hydrogen (secondary N) is 2. The SMILES string of the molecule is COc1ccc(NC(=O)CSCc2csc(NC(=O)COc3ccc4ccccc4c3)n2)cc1. The first-order valence-electron chi connectivity index (χ1n) is 10.5. The topological polar surface area (TPSA) is 89.6 Å². The van der Waals surface area contributed by atoms with Crippen LogP contribution in [0, 0.1) is 0 Å². The first-order valence-corrected chi connectivity index (χ1v) is 12.5. The van der Waals surface area contributed by atoms with E-state index >= 15 is 0 Å². The van der Waals surface area contributed by atoms with Crippen molar-refractivity contribution in [3.05, 3.63) is 77.8 Å². The number of thioether (sulfide) groups is 1. The van der Waals surface area contributed by atoms with Crippen molar-refractivity contribution in [2.75, 3.05) is 30.1 Å². The van der Waals surface area contributed by atoms with E-state index in [9.17, 15) is 9.59 Å². The van der Waals surface area contributed by atoms with Gasteiger partial charge in [-0.15, -0.1) is 23.1 Å². The van der Waals surface area contributed by atoms with Crippen LogP contribution in [0.5, 0.6) is 11.5 Å². The lowest BCUT2D eigenvalue weighted by atomic mass is 10.1. The normalized spacial score (nSPS) is 10.6. The predicted octanol–water partition coefficient (Wildman–Crippen LogP) is 5.19. The van der Waals surface area contributed by atoms with Crippen molar-refractivity contribution in [1.82, 2.24) is 4.98 Å². The van der Waals surface area contributed by atoms with E-state index in [-0.39, 0.29) is 18.4 Å². The van der Waals surface area contributed by atoms with E-state index in [4.69, 9.17) is 9.47 Å². The highest BCUT2D eigenvalue weighted by Gasteiger charge is 2.09. The summed E-state index contributed by atoms with van der Waals surface area (Å²) in [7, 11) is 1.60. The average Bonchev–Trinajstić information content (AvgIpc) is 3.30. The predicted molar refractivity (Wildman–Crippen MR) is 138 cm³/mol. The summed E-state index contributed by atoms with van der Waals surface area (Å²) in [5.74, 6) is 1.86. The minimum Gasteiger partial charge on any atom is -0.497 e. The van der Waals surface area contributed by atoms with Gasteiger partial charge in [-0.05, 0) is 47.2 Å². The minimum atomic E-state index is -0.277. The quantitative estimate of drug-likeness (QED) is 0.316. The molecule has 7 nitrogen and oxygen atoms in total. The van der Waals surface area contributed by atoms with Crippen molar-refractivity contribution in [3.63, 3.8) is 0 Å². The van der Waals surface area contributed by atoms with Gasteiger partial charge < -0.3 is 14.8 Å². The monoisotopic (exact) mass is 493 g/mol. The molecule has 0 aliphatic rings. The number of thiazole rings is 1. The van der Waals surface area contributed by atoms with Crippen molar-refractivity contribution in [1.29, 1.82) is 0 Å². The Hall–Kier alpha value is -3.56. The summed E-state index contributed by atoms with van der Waals surface area (Å²) in [4.78, 5) is 28.8. The maximum atomic E-state index is 12.2. The van der Waals surface area contributed by atoms with Crippen molar-refractivity contribution in [2.24, 2.45) is 0 Å². The van der Waals surface area contributed by atoms with Crippen molar-refractivity contribution < 1.29 is 19.1 Å². The Morgan fingerprint density at radius 1 is 0.941 bits per heavy atom. The molecule has 0 bridgehead atoms. The number of amides is 2. The molecule has 0 saturated heterocycles. The Morgan fingerprint density at radius 3 is 2.50 bits per heavy atom. The van der Waals surface area contributed by atoms with Gasteiger partial charge in [0.25, 0.3) is 5.91 Å². The summed E-state index contributed by atoms with van der Waals surface area (Å²) in [5, 5.41) is 10.1. The molecule has 34 heavy (non-hydrogen) atoms. The van der Waals surface area contributed by atoms with Crippen LogP contribution in [0.3, 0.4) is 0 Å². The van der Waals surface area contributed by atoms with E-state index in [1.165, 1.54) is 23.1 Å². The lowest BCUT2D eigenvalue weighted by Gasteiger charge is -2.07. The van der Waals surface area contributed by atoms with Crippen LogP contribution in [0.1, 0.15) is 5.69 Å². The Balaban J connectivity index is 1.18. The van der Waals surface area contributed by atoms with Crippen LogP contribution in [0.4, 0.5) is 10.8 Å². The van der Waals surface area contributed by atoms with Gasteiger partial charge in [-0.2, -0.15) is 0 Å². The highest BCUT2D eigenvalue weighted by atomic mass is 32.2. The number of anilines is 2. The van der Waals surface area contributed by atoms with Crippen LogP contribution in [0.25, 0.3) is 10.8 Å². The van der Waals surface area contributed by atoms with Gasteiger partial charge in [-0.1, -0.05) is 30.3 Å². The number of carbonyl (C=O) groups is 2. The second-order valence-corrected chi connectivity index (χ2v) is 9.10. The molecule has 0 radical (unpaired) electrons. The summed E-state index contributed by atoms with van der Waals surface area (Å²) in [5.41, 5.74) is 1.52. The number of nitrogens with zero attached hydrogens (tertiary/aromatic N) is 1. The van der Waals surface area contributed by atoms with E-state index in [0.717, 1.165) is 27.9 Å². The third-order valence-corrected chi connectivity index (χ3v) is 6.52. The number of aromatic nitrogens is 1. The number of rotatable bonds is 10. The van der Waals surface area contributed by atoms with Crippen molar-refractivity contribution in [2.45, 2.75) is 5.75 Å². The van der Waals surface area contributed by atoms with Crippen LogP contribution in [-0.4, -0.2) is 36.3 Å². The number of carbonyl (C=O) groups excluding carboxylic acids is 2. The Morgan fingerprint density at radius 2 is 1.71 bits per heavy atom. The maximum absolute atomic E-state index is 12.2. The third kappa shape index (κ3) is 6.72. The molecule has 0 spiro atoms. The largest absolute Gasteiger partial charge is 0.497 e. The molecule has 0 unspecified atom stereocenters. The minimum absolute atomic E-state index is 0.0928. The van der Waals surface area contributed by atoms with Crippen LogP contribution >= 0.6 is 23.1 Å². The second kappa shape index (κ2) is 11.5. The standard InChI is InChI=1S/C25H23N3O4S2/c1-31-21-10-7-19(8-11-21)26-24(30)16-33-14-20-15-34-25(27-20)28-23(29)13-32-22-9-6-17-4-2-3-5-18(17)12-22/h2-12,15H,13-14,16H2,1H3,(H,26,30)(H,27,28,29). The number of methoxy groups -OCH3 is 1. The van der Waals surface area contributed by atoms with E-state index in [0.29, 0.717) is 22.4 Å². The van der Waals surface area contributed by atoms with E-state index in [1.807, 2.05) is 47.8 Å². The zero-order valence-electron chi connectivity index (χ0n) is 18.4. The number of fused-ring (bicyclic) bond motifs is 1. The third-order valence-electron chi connectivity index (χ3n) is 4.75. The van der Waals surface area contributed by atoms with Gasteiger partial charge in [0, 0.05) is 16.8 Å². The Bertz CT molecular complexity index is 1270. The van der Waals surface area contributed by atoms with Gasteiger partial charge in [0.15, 0.2) is 11.7 Å². The van der Waals surface area contributed by atoms with E-state index in [2.05, 4.69) is 15.6 Å². The molecular weight excluding hydrogens is 470 g/mol. The molecule has 174 valence electrons. The molecular formula is C25H23N3O4S2. The highest BCUT2D eigenvalue weighted by Crippen LogP contribution is 2.22. The van der Waals surface area contributed by atoms with Gasteiger partial charge in [0.2, 0.25) is 5.91 Å². The first-order chi connectivity index (χ1) is 16.6. The molecule has 2 amide bonds. The molecule has 1 aromatic heterocycles. The number of ether oxygens (including phenoxy) is 2. The molecule has 0 fully saturated rings. The molecule has 4 aromatic rings. The summed E-state index contributed by atoms with van der Waals surface area (Å²) in [6.07, 6.45) is 0. The number of hydrogen-bond acceptors (Lipinski definition) is 7. The lowest BCUT2D eigenvalue weighted by Crippen LogP contribution is -2.20. The molecule has 4 rings (SSSR count). The van der Waals surface area contributed by atoms with Crippen LogP contribution in [0.15, 0.2) is 72.1 Å². The van der Waals surface area contributed by atoms with Crippen molar-refractivity contribution >= 4 is 56.5 Å². The number of benzene rings is 3. The van der Waals surface area contributed by atoms with E-state index in [1.54, 1.807) is 31.4 Å². The smallest absolute Gasteiger partial charge is 0.264 e. The average molecular weight is 494 g/mol. The number of hydrogen-bond donors (Lipinski definition) is 2. The fraction of sp³-hybridized carbons (Fsp3) is 0.160. The van der Waals surface area contributed by atoms with Gasteiger partial charge in [-0.25, -0.2) is 4.98 Å². The Kier molecular flexibility index (Phi) is 8.00. The van der Waals surface area contributed by atoms with E-state index < -0.39 is 0 Å². The molecule has 9 heteroatoms. The molecule has 0 atom stereocenters. The summed E-state index contributed by atoms with van der Waals surface area (Å²) >= 11 is 2.79. The lowest BCUT2D eigenvalue weighted by molar-refractivity contribution is -0.118. The molecule has 0 saturated carbocycles. The molecule has 0 aliphatic heterocycles. The second-order valence-electron chi connectivity index (χ2n) is 7.26.